The highest BCUT2D eigenvalue weighted by Gasteiger charge is 2.16. The largest absolute Gasteiger partial charge is 0.497 e. The first-order chi connectivity index (χ1) is 8.61. The Morgan fingerprint density at radius 3 is 2.11 bits per heavy atom. The highest BCUT2D eigenvalue weighted by molar-refractivity contribution is 6.58. The molecule has 0 heterocycles. The summed E-state index contributed by atoms with van der Waals surface area (Å²) in [5, 5.41) is 17.9. The second-order valence-electron chi connectivity index (χ2n) is 3.84. The summed E-state index contributed by atoms with van der Waals surface area (Å²) in [7, 11) is -0.221. The van der Waals surface area contributed by atoms with Crippen molar-refractivity contribution >= 4 is 12.6 Å². The Morgan fingerprint density at radius 1 is 1.00 bits per heavy atom. The number of benzene rings is 2. The van der Waals surface area contributed by atoms with Gasteiger partial charge in [-0.2, -0.15) is 0 Å². The minimum absolute atomic E-state index is 0.132. The van der Waals surface area contributed by atoms with Crippen molar-refractivity contribution in [3.63, 3.8) is 0 Å². The maximum Gasteiger partial charge on any atom is 0.491 e. The van der Waals surface area contributed by atoms with Crippen LogP contribution in [0.4, 0.5) is 4.39 Å². The van der Waals surface area contributed by atoms with E-state index in [2.05, 4.69) is 0 Å². The van der Waals surface area contributed by atoms with Crippen molar-refractivity contribution in [3.05, 3.63) is 48.3 Å². The quantitative estimate of drug-likeness (QED) is 0.799. The Bertz CT molecular complexity index is 540. The van der Waals surface area contributed by atoms with Crippen LogP contribution in [0.5, 0.6) is 5.75 Å². The average Bonchev–Trinajstić information content (AvgIpc) is 2.38. The average molecular weight is 246 g/mol. The Balaban J connectivity index is 2.36. The van der Waals surface area contributed by atoms with E-state index >= 15 is 0 Å². The summed E-state index contributed by atoms with van der Waals surface area (Å²) >= 11 is 0. The van der Waals surface area contributed by atoms with E-state index in [1.807, 2.05) is 12.1 Å². The van der Waals surface area contributed by atoms with E-state index in [0.717, 1.165) is 11.3 Å². The lowest BCUT2D eigenvalue weighted by atomic mass is 9.79. The molecule has 0 aliphatic carbocycles. The molecule has 0 unspecified atom stereocenters. The summed E-state index contributed by atoms with van der Waals surface area (Å²) < 4.78 is 18.6. The molecule has 2 aromatic carbocycles. The van der Waals surface area contributed by atoms with Crippen LogP contribution in [0.15, 0.2) is 42.5 Å². The van der Waals surface area contributed by atoms with Gasteiger partial charge in [-0.1, -0.05) is 24.3 Å². The van der Waals surface area contributed by atoms with Crippen molar-refractivity contribution in [1.29, 1.82) is 0 Å². The van der Waals surface area contributed by atoms with E-state index < -0.39 is 12.9 Å². The fourth-order valence-corrected chi connectivity index (χ4v) is 1.70. The minimum atomic E-state index is -1.80. The van der Waals surface area contributed by atoms with Crippen LogP contribution in [0.25, 0.3) is 11.1 Å². The van der Waals surface area contributed by atoms with Crippen LogP contribution in [-0.4, -0.2) is 24.3 Å². The number of hydrogen-bond acceptors (Lipinski definition) is 3. The zero-order valence-corrected chi connectivity index (χ0v) is 9.80. The van der Waals surface area contributed by atoms with Gasteiger partial charge in [-0.15, -0.1) is 0 Å². The van der Waals surface area contributed by atoms with Crippen molar-refractivity contribution in [2.75, 3.05) is 7.11 Å². The van der Waals surface area contributed by atoms with Crippen LogP contribution in [0, 0.1) is 5.82 Å². The molecular formula is C13H12BFO3. The van der Waals surface area contributed by atoms with Gasteiger partial charge < -0.3 is 14.8 Å². The third-order valence-corrected chi connectivity index (χ3v) is 2.70. The van der Waals surface area contributed by atoms with Crippen LogP contribution in [0.3, 0.4) is 0 Å². The molecule has 3 nitrogen and oxygen atoms in total. The summed E-state index contributed by atoms with van der Waals surface area (Å²) in [6, 6.07) is 11.4. The SMILES string of the molecule is COc1ccc(-c2ccc(B(O)O)c(F)c2)cc1. The lowest BCUT2D eigenvalue weighted by Gasteiger charge is -2.06. The van der Waals surface area contributed by atoms with E-state index in [1.54, 1.807) is 25.3 Å². The summed E-state index contributed by atoms with van der Waals surface area (Å²) in [6.07, 6.45) is 0. The van der Waals surface area contributed by atoms with Crippen molar-refractivity contribution in [2.24, 2.45) is 0 Å². The predicted octanol–water partition coefficient (Wildman–Crippen LogP) is 1.18. The zero-order chi connectivity index (χ0) is 13.1. The molecule has 0 aliphatic rings. The van der Waals surface area contributed by atoms with Crippen molar-refractivity contribution in [1.82, 2.24) is 0 Å². The molecule has 5 heteroatoms. The summed E-state index contributed by atoms with van der Waals surface area (Å²) in [6.45, 7) is 0. The van der Waals surface area contributed by atoms with E-state index in [9.17, 15) is 4.39 Å². The molecular weight excluding hydrogens is 234 g/mol. The first-order valence-corrected chi connectivity index (χ1v) is 5.42. The zero-order valence-electron chi connectivity index (χ0n) is 9.80. The molecule has 0 aliphatic heterocycles. The van der Waals surface area contributed by atoms with Gasteiger partial charge in [0.05, 0.1) is 7.11 Å². The highest BCUT2D eigenvalue weighted by atomic mass is 19.1. The van der Waals surface area contributed by atoms with Crippen LogP contribution in [-0.2, 0) is 0 Å². The van der Waals surface area contributed by atoms with Crippen molar-refractivity contribution in [2.45, 2.75) is 0 Å². The third kappa shape index (κ3) is 2.52. The van der Waals surface area contributed by atoms with Gasteiger partial charge in [0.1, 0.15) is 11.6 Å². The molecule has 2 aromatic rings. The normalized spacial score (nSPS) is 10.2. The maximum atomic E-state index is 13.6. The minimum Gasteiger partial charge on any atom is -0.497 e. The topological polar surface area (TPSA) is 49.7 Å². The molecule has 0 saturated carbocycles. The van der Waals surface area contributed by atoms with Gasteiger partial charge in [0.2, 0.25) is 0 Å². The molecule has 0 atom stereocenters. The molecule has 2 rings (SSSR count). The highest BCUT2D eigenvalue weighted by Crippen LogP contribution is 2.22. The van der Waals surface area contributed by atoms with Gasteiger partial charge in [-0.25, -0.2) is 4.39 Å². The Hall–Kier alpha value is -1.85. The number of methoxy groups -OCH3 is 1. The van der Waals surface area contributed by atoms with E-state index in [0.29, 0.717) is 5.56 Å². The van der Waals surface area contributed by atoms with Gasteiger partial charge in [0.25, 0.3) is 0 Å². The van der Waals surface area contributed by atoms with Crippen LogP contribution >= 0.6 is 0 Å². The lowest BCUT2D eigenvalue weighted by Crippen LogP contribution is -2.32. The molecule has 0 bridgehead atoms. The predicted molar refractivity (Wildman–Crippen MR) is 68.2 cm³/mol. The maximum absolute atomic E-state index is 13.6. The Morgan fingerprint density at radius 2 is 1.61 bits per heavy atom. The number of ether oxygens (including phenoxy) is 1. The molecule has 18 heavy (non-hydrogen) atoms. The third-order valence-electron chi connectivity index (χ3n) is 2.70. The number of rotatable bonds is 3. The van der Waals surface area contributed by atoms with E-state index in [1.165, 1.54) is 12.1 Å². The molecule has 0 aromatic heterocycles. The monoisotopic (exact) mass is 246 g/mol. The van der Waals surface area contributed by atoms with E-state index in [4.69, 9.17) is 14.8 Å². The molecule has 0 amide bonds. The molecule has 0 spiro atoms. The fraction of sp³-hybridized carbons (Fsp3) is 0.0769. The van der Waals surface area contributed by atoms with Gasteiger partial charge >= 0.3 is 7.12 Å². The second-order valence-corrected chi connectivity index (χ2v) is 3.84. The van der Waals surface area contributed by atoms with Crippen LogP contribution < -0.4 is 10.2 Å². The number of hydrogen-bond donors (Lipinski definition) is 2. The van der Waals surface area contributed by atoms with Crippen LogP contribution in [0.2, 0.25) is 0 Å². The van der Waals surface area contributed by atoms with Crippen molar-refractivity contribution in [3.8, 4) is 16.9 Å². The van der Waals surface area contributed by atoms with Crippen molar-refractivity contribution < 1.29 is 19.2 Å². The molecule has 0 fully saturated rings. The van der Waals surface area contributed by atoms with E-state index in [-0.39, 0.29) is 5.46 Å². The smallest absolute Gasteiger partial charge is 0.491 e. The molecule has 2 N–H and O–H groups in total. The Kier molecular flexibility index (Phi) is 3.65. The van der Waals surface area contributed by atoms with Gasteiger partial charge in [0, 0.05) is 5.46 Å². The molecule has 0 radical (unpaired) electrons. The van der Waals surface area contributed by atoms with Gasteiger partial charge in [-0.05, 0) is 29.3 Å². The second kappa shape index (κ2) is 5.20. The van der Waals surface area contributed by atoms with Gasteiger partial charge in [0.15, 0.2) is 0 Å². The van der Waals surface area contributed by atoms with Crippen LogP contribution in [0.1, 0.15) is 0 Å². The molecule has 0 saturated heterocycles. The Labute approximate surface area is 105 Å². The van der Waals surface area contributed by atoms with Gasteiger partial charge in [-0.3, -0.25) is 0 Å². The summed E-state index contributed by atoms with van der Waals surface area (Å²) in [5.74, 6) is 0.0833. The summed E-state index contributed by atoms with van der Waals surface area (Å²) in [5.41, 5.74) is 1.36. The standard InChI is InChI=1S/C13H12BFO3/c1-18-11-5-2-9(3-6-11)10-4-7-12(14(16)17)13(15)8-10/h2-8,16-17H,1H3. The first kappa shape index (κ1) is 12.6. The molecule has 92 valence electrons. The lowest BCUT2D eigenvalue weighted by molar-refractivity contribution is 0.415. The summed E-state index contributed by atoms with van der Waals surface area (Å²) in [4.78, 5) is 0. The first-order valence-electron chi connectivity index (χ1n) is 5.42. The number of halogens is 1. The fourth-order valence-electron chi connectivity index (χ4n) is 1.70.